The van der Waals surface area contributed by atoms with Gasteiger partial charge in [0.1, 0.15) is 5.76 Å². The number of furan rings is 1. The second-order valence-electron chi connectivity index (χ2n) is 6.44. The molecular weight excluding hydrogens is 238 g/mol. The van der Waals surface area contributed by atoms with Crippen LogP contribution < -0.4 is 5.32 Å². The van der Waals surface area contributed by atoms with Crippen molar-refractivity contribution < 1.29 is 9.15 Å². The maximum absolute atomic E-state index is 5.99. The maximum Gasteiger partial charge on any atom is 0.123 e. The zero-order valence-corrected chi connectivity index (χ0v) is 12.7. The second-order valence-corrected chi connectivity index (χ2v) is 6.44. The highest BCUT2D eigenvalue weighted by molar-refractivity contribution is 5.12. The van der Waals surface area contributed by atoms with Crippen LogP contribution in [-0.4, -0.2) is 19.3 Å². The summed E-state index contributed by atoms with van der Waals surface area (Å²) in [5.41, 5.74) is 0.297. The highest BCUT2D eigenvalue weighted by atomic mass is 16.5. The highest BCUT2D eigenvalue weighted by Crippen LogP contribution is 2.47. The van der Waals surface area contributed by atoms with E-state index >= 15 is 0 Å². The van der Waals surface area contributed by atoms with E-state index in [0.717, 1.165) is 25.1 Å². The first-order chi connectivity index (χ1) is 9.03. The van der Waals surface area contributed by atoms with E-state index in [4.69, 9.17) is 9.15 Å². The summed E-state index contributed by atoms with van der Waals surface area (Å²) < 4.78 is 11.6. The van der Waals surface area contributed by atoms with E-state index in [9.17, 15) is 0 Å². The molecule has 1 atom stereocenters. The molecule has 3 nitrogen and oxygen atoms in total. The van der Waals surface area contributed by atoms with Crippen molar-refractivity contribution in [3.63, 3.8) is 0 Å². The standard InChI is InChI=1S/C16H27NO2/c1-5-17-14(13-7-6-12-19-13)16(18-4)10-8-15(2,3)9-11-16/h6-7,12,14,17H,5,8-11H2,1-4H3. The van der Waals surface area contributed by atoms with E-state index < -0.39 is 0 Å². The second kappa shape index (κ2) is 5.68. The van der Waals surface area contributed by atoms with Crippen LogP contribution in [0.5, 0.6) is 0 Å². The summed E-state index contributed by atoms with van der Waals surface area (Å²) >= 11 is 0. The van der Waals surface area contributed by atoms with Gasteiger partial charge in [0.25, 0.3) is 0 Å². The van der Waals surface area contributed by atoms with Gasteiger partial charge in [0.05, 0.1) is 17.9 Å². The van der Waals surface area contributed by atoms with Crippen LogP contribution in [0.3, 0.4) is 0 Å². The average molecular weight is 265 g/mol. The molecule has 0 aliphatic heterocycles. The number of hydrogen-bond acceptors (Lipinski definition) is 3. The van der Waals surface area contributed by atoms with E-state index in [1.54, 1.807) is 6.26 Å². The van der Waals surface area contributed by atoms with Gasteiger partial charge in [0.15, 0.2) is 0 Å². The van der Waals surface area contributed by atoms with Gasteiger partial charge in [-0.1, -0.05) is 20.8 Å². The third-order valence-electron chi connectivity index (χ3n) is 4.62. The molecule has 0 aromatic carbocycles. The number of hydrogen-bond donors (Lipinski definition) is 1. The van der Waals surface area contributed by atoms with Gasteiger partial charge >= 0.3 is 0 Å². The molecule has 108 valence electrons. The van der Waals surface area contributed by atoms with Gasteiger partial charge in [0, 0.05) is 7.11 Å². The van der Waals surface area contributed by atoms with E-state index in [2.05, 4.69) is 26.1 Å². The smallest absolute Gasteiger partial charge is 0.123 e. The number of likely N-dealkylation sites (N-methyl/N-ethyl adjacent to an activating group) is 1. The van der Waals surface area contributed by atoms with Gasteiger partial charge in [-0.05, 0) is 49.8 Å². The SMILES string of the molecule is CCNC(c1ccco1)C1(OC)CCC(C)(C)CC1. The molecular formula is C16H27NO2. The monoisotopic (exact) mass is 265 g/mol. The highest BCUT2D eigenvalue weighted by Gasteiger charge is 2.45. The lowest BCUT2D eigenvalue weighted by atomic mass is 9.68. The van der Waals surface area contributed by atoms with Crippen LogP contribution in [0.25, 0.3) is 0 Å². The van der Waals surface area contributed by atoms with Crippen LogP contribution in [0.15, 0.2) is 22.8 Å². The van der Waals surface area contributed by atoms with Crippen molar-refractivity contribution in [1.29, 1.82) is 0 Å². The molecule has 19 heavy (non-hydrogen) atoms. The van der Waals surface area contributed by atoms with Crippen molar-refractivity contribution >= 4 is 0 Å². The van der Waals surface area contributed by atoms with Gasteiger partial charge in [-0.15, -0.1) is 0 Å². The molecule has 1 saturated carbocycles. The molecule has 3 heteroatoms. The summed E-state index contributed by atoms with van der Waals surface area (Å²) in [6, 6.07) is 4.15. The molecule has 1 unspecified atom stereocenters. The van der Waals surface area contributed by atoms with E-state index in [0.29, 0.717) is 5.41 Å². The topological polar surface area (TPSA) is 34.4 Å². The fourth-order valence-corrected chi connectivity index (χ4v) is 3.17. The van der Waals surface area contributed by atoms with Crippen molar-refractivity contribution in [2.45, 2.75) is 58.1 Å². The third kappa shape index (κ3) is 3.03. The van der Waals surface area contributed by atoms with Gasteiger partial charge in [0.2, 0.25) is 0 Å². The molecule has 1 aliphatic carbocycles. The molecule has 1 aromatic rings. The largest absolute Gasteiger partial charge is 0.468 e. The summed E-state index contributed by atoms with van der Waals surface area (Å²) in [7, 11) is 1.84. The molecule has 0 bridgehead atoms. The van der Waals surface area contributed by atoms with Crippen LogP contribution >= 0.6 is 0 Å². The molecule has 0 amide bonds. The third-order valence-corrected chi connectivity index (χ3v) is 4.62. The Morgan fingerprint density at radius 3 is 2.47 bits per heavy atom. The fourth-order valence-electron chi connectivity index (χ4n) is 3.17. The Kier molecular flexibility index (Phi) is 4.36. The van der Waals surface area contributed by atoms with Crippen molar-refractivity contribution in [1.82, 2.24) is 5.32 Å². The van der Waals surface area contributed by atoms with Crippen LogP contribution in [0, 0.1) is 5.41 Å². The number of nitrogens with one attached hydrogen (secondary N) is 1. The Bertz CT molecular complexity index is 373. The number of methoxy groups -OCH3 is 1. The minimum atomic E-state index is -0.136. The van der Waals surface area contributed by atoms with E-state index in [-0.39, 0.29) is 11.6 Å². The Morgan fingerprint density at radius 1 is 1.32 bits per heavy atom. The van der Waals surface area contributed by atoms with Crippen LogP contribution in [-0.2, 0) is 4.74 Å². The Morgan fingerprint density at radius 2 is 2.00 bits per heavy atom. The van der Waals surface area contributed by atoms with Gasteiger partial charge < -0.3 is 14.5 Å². The summed E-state index contributed by atoms with van der Waals surface area (Å²) in [4.78, 5) is 0. The molecule has 2 rings (SSSR count). The summed E-state index contributed by atoms with van der Waals surface area (Å²) in [5, 5.41) is 3.56. The first-order valence-corrected chi connectivity index (χ1v) is 7.35. The molecule has 0 spiro atoms. The summed E-state index contributed by atoms with van der Waals surface area (Å²) in [6.45, 7) is 7.75. The van der Waals surface area contributed by atoms with Gasteiger partial charge in [-0.3, -0.25) is 0 Å². The first-order valence-electron chi connectivity index (χ1n) is 7.35. The molecule has 0 radical (unpaired) electrons. The minimum absolute atomic E-state index is 0.136. The van der Waals surface area contributed by atoms with Gasteiger partial charge in [-0.2, -0.15) is 0 Å². The summed E-state index contributed by atoms with van der Waals surface area (Å²) in [6.07, 6.45) is 6.30. The van der Waals surface area contributed by atoms with E-state index in [1.807, 2.05) is 19.2 Å². The van der Waals surface area contributed by atoms with Crippen LogP contribution in [0.4, 0.5) is 0 Å². The number of rotatable bonds is 5. The molecule has 1 N–H and O–H groups in total. The lowest BCUT2D eigenvalue weighted by molar-refractivity contribution is -0.0913. The summed E-state index contributed by atoms with van der Waals surface area (Å²) in [5.74, 6) is 0.989. The zero-order chi connectivity index (χ0) is 13.9. The lowest BCUT2D eigenvalue weighted by Crippen LogP contribution is -2.49. The molecule has 1 aliphatic rings. The molecule has 1 aromatic heterocycles. The van der Waals surface area contributed by atoms with Crippen molar-refractivity contribution in [3.8, 4) is 0 Å². The Hall–Kier alpha value is -0.800. The molecule has 1 fully saturated rings. The van der Waals surface area contributed by atoms with Crippen molar-refractivity contribution in [2.24, 2.45) is 5.41 Å². The Labute approximate surface area is 116 Å². The zero-order valence-electron chi connectivity index (χ0n) is 12.7. The van der Waals surface area contributed by atoms with Crippen molar-refractivity contribution in [3.05, 3.63) is 24.2 Å². The quantitative estimate of drug-likeness (QED) is 0.876. The maximum atomic E-state index is 5.99. The average Bonchev–Trinajstić information content (AvgIpc) is 2.91. The normalized spacial score (nSPS) is 23.2. The van der Waals surface area contributed by atoms with E-state index in [1.165, 1.54) is 12.8 Å². The number of ether oxygens (including phenoxy) is 1. The van der Waals surface area contributed by atoms with Crippen LogP contribution in [0.2, 0.25) is 0 Å². The van der Waals surface area contributed by atoms with Crippen molar-refractivity contribution in [2.75, 3.05) is 13.7 Å². The Balaban J connectivity index is 2.23. The van der Waals surface area contributed by atoms with Gasteiger partial charge in [-0.25, -0.2) is 0 Å². The fraction of sp³-hybridized carbons (Fsp3) is 0.750. The predicted octanol–water partition coefficient (Wildman–Crippen LogP) is 3.92. The van der Waals surface area contributed by atoms with Crippen LogP contribution in [0.1, 0.15) is 58.3 Å². The molecule has 1 heterocycles. The predicted molar refractivity (Wildman–Crippen MR) is 77.1 cm³/mol. The minimum Gasteiger partial charge on any atom is -0.468 e. The first kappa shape index (κ1) is 14.6. The molecule has 0 saturated heterocycles. The lowest BCUT2D eigenvalue weighted by Gasteiger charge is -2.46.